The molecule has 0 aliphatic heterocycles. The van der Waals surface area contributed by atoms with E-state index in [-0.39, 0.29) is 17.2 Å². The highest BCUT2D eigenvalue weighted by molar-refractivity contribution is 6.07. The Morgan fingerprint density at radius 2 is 1.84 bits per heavy atom. The van der Waals surface area contributed by atoms with Gasteiger partial charge >= 0.3 is 0 Å². The Bertz CT molecular complexity index is 636. The first-order chi connectivity index (χ1) is 9.00. The van der Waals surface area contributed by atoms with Crippen molar-refractivity contribution in [2.75, 3.05) is 11.1 Å². The van der Waals surface area contributed by atoms with Gasteiger partial charge in [-0.15, -0.1) is 0 Å². The molecular weight excluding hydrogens is 240 g/mol. The van der Waals surface area contributed by atoms with E-state index in [0.29, 0.717) is 11.4 Å². The summed E-state index contributed by atoms with van der Waals surface area (Å²) in [6.07, 6.45) is 0. The number of benzene rings is 2. The molecule has 0 radical (unpaired) electrons. The number of carbonyl (C=O) groups is 1. The van der Waals surface area contributed by atoms with Crippen molar-refractivity contribution in [3.8, 4) is 5.75 Å². The van der Waals surface area contributed by atoms with Crippen molar-refractivity contribution in [3.05, 3.63) is 53.1 Å². The topological polar surface area (TPSA) is 75.3 Å². The molecule has 0 heterocycles. The van der Waals surface area contributed by atoms with Crippen molar-refractivity contribution < 1.29 is 9.90 Å². The Morgan fingerprint density at radius 3 is 2.53 bits per heavy atom. The summed E-state index contributed by atoms with van der Waals surface area (Å²) in [7, 11) is 0. The number of aromatic hydroxyl groups is 1. The predicted octanol–water partition coefficient (Wildman–Crippen LogP) is 2.84. The number of phenolic OH excluding ortho intramolecular Hbond substituents is 1. The van der Waals surface area contributed by atoms with Gasteiger partial charge in [-0.05, 0) is 43.2 Å². The van der Waals surface area contributed by atoms with Crippen LogP contribution in [0.25, 0.3) is 0 Å². The first-order valence-electron chi connectivity index (χ1n) is 5.95. The number of anilines is 2. The van der Waals surface area contributed by atoms with Crippen molar-refractivity contribution in [2.45, 2.75) is 13.8 Å². The summed E-state index contributed by atoms with van der Waals surface area (Å²) in [5.74, 6) is -0.394. The van der Waals surface area contributed by atoms with Gasteiger partial charge in [0.15, 0.2) is 0 Å². The minimum Gasteiger partial charge on any atom is -0.507 e. The molecule has 0 fully saturated rings. The molecule has 0 atom stereocenters. The number of aryl methyl sites for hydroxylation is 1. The van der Waals surface area contributed by atoms with Gasteiger partial charge in [0, 0.05) is 11.4 Å². The van der Waals surface area contributed by atoms with Gasteiger partial charge in [-0.25, -0.2) is 0 Å². The third-order valence-electron chi connectivity index (χ3n) is 3.10. The Labute approximate surface area is 111 Å². The molecule has 2 rings (SSSR count). The fourth-order valence-electron chi connectivity index (χ4n) is 1.90. The Balaban J connectivity index is 2.35. The monoisotopic (exact) mass is 256 g/mol. The number of rotatable bonds is 2. The summed E-state index contributed by atoms with van der Waals surface area (Å²) in [5.41, 5.74) is 9.13. The van der Waals surface area contributed by atoms with Gasteiger partial charge in [-0.2, -0.15) is 0 Å². The van der Waals surface area contributed by atoms with E-state index in [9.17, 15) is 9.90 Å². The van der Waals surface area contributed by atoms with Crippen LogP contribution < -0.4 is 11.1 Å². The van der Waals surface area contributed by atoms with Crippen molar-refractivity contribution in [1.29, 1.82) is 0 Å². The highest BCUT2D eigenvalue weighted by atomic mass is 16.3. The SMILES string of the molecule is Cc1ccc(N)c(C)c1NC(=O)c1ccccc1O. The average molecular weight is 256 g/mol. The maximum Gasteiger partial charge on any atom is 0.259 e. The standard InChI is InChI=1S/C15H16N2O2/c1-9-7-8-12(16)10(2)14(9)17-15(19)11-5-3-4-6-13(11)18/h3-8,18H,16H2,1-2H3,(H,17,19). The van der Waals surface area contributed by atoms with Crippen LogP contribution in [0.1, 0.15) is 21.5 Å². The first kappa shape index (κ1) is 13.0. The van der Waals surface area contributed by atoms with Crippen LogP contribution in [0.5, 0.6) is 5.75 Å². The maximum atomic E-state index is 12.1. The minimum absolute atomic E-state index is 0.0424. The normalized spacial score (nSPS) is 10.2. The lowest BCUT2D eigenvalue weighted by molar-refractivity contribution is 0.102. The molecule has 0 aliphatic carbocycles. The second-order valence-electron chi connectivity index (χ2n) is 4.44. The fourth-order valence-corrected chi connectivity index (χ4v) is 1.90. The van der Waals surface area contributed by atoms with Gasteiger partial charge in [0.2, 0.25) is 0 Å². The van der Waals surface area contributed by atoms with Crippen molar-refractivity contribution >= 4 is 17.3 Å². The van der Waals surface area contributed by atoms with E-state index < -0.39 is 0 Å². The molecular formula is C15H16N2O2. The molecule has 0 saturated heterocycles. The molecule has 4 nitrogen and oxygen atoms in total. The Morgan fingerprint density at radius 1 is 1.16 bits per heavy atom. The van der Waals surface area contributed by atoms with E-state index in [1.807, 2.05) is 19.9 Å². The van der Waals surface area contributed by atoms with Gasteiger partial charge in [0.05, 0.1) is 5.56 Å². The summed E-state index contributed by atoms with van der Waals surface area (Å²) in [4.78, 5) is 12.1. The first-order valence-corrected chi connectivity index (χ1v) is 5.95. The van der Waals surface area contributed by atoms with Crippen LogP contribution >= 0.6 is 0 Å². The van der Waals surface area contributed by atoms with Crippen LogP contribution in [-0.2, 0) is 0 Å². The highest BCUT2D eigenvalue weighted by Crippen LogP contribution is 2.26. The zero-order chi connectivity index (χ0) is 14.0. The highest BCUT2D eigenvalue weighted by Gasteiger charge is 2.13. The number of nitrogen functional groups attached to an aromatic ring is 1. The quantitative estimate of drug-likeness (QED) is 0.723. The smallest absolute Gasteiger partial charge is 0.259 e. The number of phenols is 1. The largest absolute Gasteiger partial charge is 0.507 e. The lowest BCUT2D eigenvalue weighted by Gasteiger charge is -2.13. The van der Waals surface area contributed by atoms with Crippen molar-refractivity contribution in [2.24, 2.45) is 0 Å². The van der Waals surface area contributed by atoms with Crippen LogP contribution in [0.15, 0.2) is 36.4 Å². The summed E-state index contributed by atoms with van der Waals surface area (Å²) in [6, 6.07) is 10.1. The van der Waals surface area contributed by atoms with Crippen molar-refractivity contribution in [3.63, 3.8) is 0 Å². The summed E-state index contributed by atoms with van der Waals surface area (Å²) >= 11 is 0. The van der Waals surface area contributed by atoms with E-state index in [0.717, 1.165) is 11.1 Å². The maximum absolute atomic E-state index is 12.1. The number of nitrogens with one attached hydrogen (secondary N) is 1. The molecule has 0 saturated carbocycles. The average Bonchev–Trinajstić information content (AvgIpc) is 2.39. The van der Waals surface area contributed by atoms with Gasteiger partial charge in [0.1, 0.15) is 5.75 Å². The number of hydrogen-bond donors (Lipinski definition) is 3. The minimum atomic E-state index is -0.352. The van der Waals surface area contributed by atoms with Gasteiger partial charge in [-0.1, -0.05) is 18.2 Å². The van der Waals surface area contributed by atoms with Gasteiger partial charge < -0.3 is 16.2 Å². The molecule has 4 heteroatoms. The van der Waals surface area contributed by atoms with Crippen LogP contribution in [0.2, 0.25) is 0 Å². The summed E-state index contributed by atoms with van der Waals surface area (Å²) in [5, 5.41) is 12.5. The van der Waals surface area contributed by atoms with Gasteiger partial charge in [-0.3, -0.25) is 4.79 Å². The second kappa shape index (κ2) is 5.02. The third kappa shape index (κ3) is 2.52. The third-order valence-corrected chi connectivity index (χ3v) is 3.10. The van der Waals surface area contributed by atoms with Gasteiger partial charge in [0.25, 0.3) is 5.91 Å². The van der Waals surface area contributed by atoms with E-state index >= 15 is 0 Å². The molecule has 0 aliphatic rings. The van der Waals surface area contributed by atoms with E-state index in [1.165, 1.54) is 6.07 Å². The molecule has 0 spiro atoms. The van der Waals surface area contributed by atoms with Crippen LogP contribution in [-0.4, -0.2) is 11.0 Å². The Kier molecular flexibility index (Phi) is 3.42. The molecule has 2 aromatic rings. The molecule has 4 N–H and O–H groups in total. The van der Waals surface area contributed by atoms with E-state index in [4.69, 9.17) is 5.73 Å². The summed E-state index contributed by atoms with van der Waals surface area (Å²) < 4.78 is 0. The molecule has 0 bridgehead atoms. The fraction of sp³-hybridized carbons (Fsp3) is 0.133. The predicted molar refractivity (Wildman–Crippen MR) is 76.4 cm³/mol. The molecule has 1 amide bonds. The molecule has 0 unspecified atom stereocenters. The zero-order valence-electron chi connectivity index (χ0n) is 10.9. The van der Waals surface area contributed by atoms with Crippen molar-refractivity contribution in [1.82, 2.24) is 0 Å². The van der Waals surface area contributed by atoms with Crippen LogP contribution in [0.3, 0.4) is 0 Å². The summed E-state index contributed by atoms with van der Waals surface area (Å²) in [6.45, 7) is 3.75. The second-order valence-corrected chi connectivity index (χ2v) is 4.44. The van der Waals surface area contributed by atoms with E-state index in [2.05, 4.69) is 5.32 Å². The Hall–Kier alpha value is -2.49. The van der Waals surface area contributed by atoms with Crippen LogP contribution in [0, 0.1) is 13.8 Å². The zero-order valence-corrected chi connectivity index (χ0v) is 10.9. The number of carbonyl (C=O) groups excluding carboxylic acids is 1. The lowest BCUT2D eigenvalue weighted by atomic mass is 10.1. The molecule has 19 heavy (non-hydrogen) atoms. The number of nitrogens with two attached hydrogens (primary N) is 1. The van der Waals surface area contributed by atoms with Crippen LogP contribution in [0.4, 0.5) is 11.4 Å². The van der Waals surface area contributed by atoms with E-state index in [1.54, 1.807) is 24.3 Å². The number of para-hydroxylation sites is 1. The molecule has 98 valence electrons. The lowest BCUT2D eigenvalue weighted by Crippen LogP contribution is -2.14. The number of hydrogen-bond acceptors (Lipinski definition) is 3. The number of amides is 1. The molecule has 2 aromatic carbocycles. The molecule has 0 aromatic heterocycles.